The zero-order chi connectivity index (χ0) is 16.3. The average molecular weight is 372 g/mol. The fourth-order valence-electron chi connectivity index (χ4n) is 2.11. The maximum atomic E-state index is 13.3. The molecule has 2 aromatic heterocycles. The minimum atomic E-state index is -0.521. The smallest absolute Gasteiger partial charge is 0.407 e. The maximum Gasteiger partial charge on any atom is 0.407 e. The number of pyridine rings is 1. The topological polar surface area (TPSA) is 55.6 Å². The first kappa shape index (κ1) is 16.7. The van der Waals surface area contributed by atoms with E-state index >= 15 is 0 Å². The lowest BCUT2D eigenvalue weighted by molar-refractivity contribution is 0.0528. The number of rotatable bonds is 4. The fourth-order valence-corrected chi connectivity index (χ4v) is 2.56. The number of carbonyl (C=O) groups is 1. The van der Waals surface area contributed by atoms with Gasteiger partial charge >= 0.3 is 6.09 Å². The second kappa shape index (κ2) is 6.64. The molecule has 0 aromatic carbocycles. The van der Waals surface area contributed by atoms with E-state index in [2.05, 4.69) is 26.3 Å². The van der Waals surface area contributed by atoms with Crippen LogP contribution in [0.4, 0.5) is 9.18 Å². The van der Waals surface area contributed by atoms with Gasteiger partial charge in [0.05, 0.1) is 17.4 Å². The summed E-state index contributed by atoms with van der Waals surface area (Å²) >= 11 is 3.38. The molecular formula is C15H19BrFN3O2. The maximum absolute atomic E-state index is 13.3. The summed E-state index contributed by atoms with van der Waals surface area (Å²) in [5.74, 6) is -0.338. The molecule has 0 aliphatic heterocycles. The molecule has 0 saturated heterocycles. The Hall–Kier alpha value is -1.63. The van der Waals surface area contributed by atoms with Crippen molar-refractivity contribution in [2.45, 2.75) is 38.1 Å². The predicted molar refractivity (Wildman–Crippen MR) is 85.7 cm³/mol. The molecule has 0 aliphatic carbocycles. The molecule has 5 nitrogen and oxygen atoms in total. The first-order valence-electron chi connectivity index (χ1n) is 6.98. The number of halogens is 2. The van der Waals surface area contributed by atoms with Gasteiger partial charge in [0.2, 0.25) is 0 Å². The number of hydrogen-bond acceptors (Lipinski definition) is 3. The van der Waals surface area contributed by atoms with Crippen LogP contribution in [0.2, 0.25) is 0 Å². The molecule has 2 aromatic rings. The highest BCUT2D eigenvalue weighted by Gasteiger charge is 2.17. The summed E-state index contributed by atoms with van der Waals surface area (Å²) in [6.45, 7) is 5.87. The van der Waals surface area contributed by atoms with Gasteiger partial charge in [-0.05, 0) is 39.3 Å². The van der Waals surface area contributed by atoms with E-state index in [1.54, 1.807) is 6.07 Å². The monoisotopic (exact) mass is 371 g/mol. The number of aromatic nitrogens is 2. The summed E-state index contributed by atoms with van der Waals surface area (Å²) in [6, 6.07) is 3.09. The van der Waals surface area contributed by atoms with Crippen molar-refractivity contribution in [3.05, 3.63) is 35.4 Å². The summed E-state index contributed by atoms with van der Waals surface area (Å²) in [5.41, 5.74) is 2.12. The molecule has 0 spiro atoms. The van der Waals surface area contributed by atoms with Gasteiger partial charge in [0.25, 0.3) is 0 Å². The van der Waals surface area contributed by atoms with Crippen molar-refractivity contribution in [2.75, 3.05) is 6.54 Å². The molecule has 120 valence electrons. The number of alkyl carbamates (subject to hydrolysis) is 1. The van der Waals surface area contributed by atoms with E-state index in [0.29, 0.717) is 18.3 Å². The zero-order valence-electron chi connectivity index (χ0n) is 12.8. The highest BCUT2D eigenvalue weighted by atomic mass is 79.9. The van der Waals surface area contributed by atoms with Crippen molar-refractivity contribution in [2.24, 2.45) is 0 Å². The minimum Gasteiger partial charge on any atom is -0.444 e. The third-order valence-electron chi connectivity index (χ3n) is 2.95. The molecule has 2 rings (SSSR count). The Morgan fingerprint density at radius 1 is 1.45 bits per heavy atom. The molecule has 0 unspecified atom stereocenters. The molecule has 0 fully saturated rings. The fraction of sp³-hybridized carbons (Fsp3) is 0.467. The first-order valence-corrected chi connectivity index (χ1v) is 8.11. The van der Waals surface area contributed by atoms with E-state index in [9.17, 15) is 9.18 Å². The van der Waals surface area contributed by atoms with E-state index in [1.165, 1.54) is 16.8 Å². The molecule has 0 aliphatic rings. The second-order valence-electron chi connectivity index (χ2n) is 5.91. The molecule has 7 heteroatoms. The Balaban J connectivity index is 2.06. The van der Waals surface area contributed by atoms with Gasteiger partial charge in [-0.15, -0.1) is 0 Å². The van der Waals surface area contributed by atoms with Gasteiger partial charge in [0.15, 0.2) is 0 Å². The predicted octanol–water partition coefficient (Wildman–Crippen LogP) is 3.44. The molecule has 1 amide bonds. The van der Waals surface area contributed by atoms with Crippen LogP contribution in [0.3, 0.4) is 0 Å². The van der Waals surface area contributed by atoms with Crippen LogP contribution >= 0.6 is 15.9 Å². The summed E-state index contributed by atoms with van der Waals surface area (Å²) in [7, 11) is 0. The standard InChI is InChI=1S/C15H19BrFN3O2/c1-15(2,3)22-14(21)18-7-6-11-12(8-16)19-20-9-10(17)4-5-13(11)20/h4-5,9H,6-8H2,1-3H3,(H,18,21). The highest BCUT2D eigenvalue weighted by Crippen LogP contribution is 2.19. The van der Waals surface area contributed by atoms with Crippen LogP contribution in [-0.4, -0.2) is 27.9 Å². The number of hydrogen-bond donors (Lipinski definition) is 1. The van der Waals surface area contributed by atoms with E-state index < -0.39 is 11.7 Å². The third-order valence-corrected chi connectivity index (χ3v) is 3.48. The van der Waals surface area contributed by atoms with Crippen LogP contribution in [0.1, 0.15) is 32.0 Å². The molecule has 0 saturated carbocycles. The van der Waals surface area contributed by atoms with Crippen molar-refractivity contribution in [1.29, 1.82) is 0 Å². The number of carbonyl (C=O) groups excluding carboxylic acids is 1. The molecule has 1 N–H and O–H groups in total. The first-order chi connectivity index (χ1) is 10.3. The van der Waals surface area contributed by atoms with Crippen molar-refractivity contribution in [1.82, 2.24) is 14.9 Å². The van der Waals surface area contributed by atoms with Crippen LogP contribution in [0, 0.1) is 5.82 Å². The Labute approximate surface area is 137 Å². The number of nitrogens with one attached hydrogen (secondary N) is 1. The lowest BCUT2D eigenvalue weighted by atomic mass is 10.1. The largest absolute Gasteiger partial charge is 0.444 e. The van der Waals surface area contributed by atoms with Gasteiger partial charge in [-0.1, -0.05) is 15.9 Å². The normalized spacial score (nSPS) is 11.7. The van der Waals surface area contributed by atoms with Gasteiger partial charge < -0.3 is 10.1 Å². The van der Waals surface area contributed by atoms with Gasteiger partial charge in [-0.3, -0.25) is 0 Å². The van der Waals surface area contributed by atoms with Crippen molar-refractivity contribution < 1.29 is 13.9 Å². The van der Waals surface area contributed by atoms with Crippen LogP contribution < -0.4 is 5.32 Å². The Kier molecular flexibility index (Phi) is 5.05. The van der Waals surface area contributed by atoms with Gasteiger partial charge in [-0.25, -0.2) is 13.7 Å². The lowest BCUT2D eigenvalue weighted by Gasteiger charge is -2.19. The number of alkyl halides is 1. The quantitative estimate of drug-likeness (QED) is 0.837. The lowest BCUT2D eigenvalue weighted by Crippen LogP contribution is -2.33. The Morgan fingerprint density at radius 3 is 2.82 bits per heavy atom. The van der Waals surface area contributed by atoms with E-state index in [4.69, 9.17) is 4.74 Å². The molecule has 0 atom stereocenters. The van der Waals surface area contributed by atoms with E-state index in [-0.39, 0.29) is 5.82 Å². The van der Waals surface area contributed by atoms with Crippen LogP contribution in [0.25, 0.3) is 5.52 Å². The summed E-state index contributed by atoms with van der Waals surface area (Å²) in [4.78, 5) is 11.6. The molecular weight excluding hydrogens is 353 g/mol. The van der Waals surface area contributed by atoms with Gasteiger partial charge in [0.1, 0.15) is 11.4 Å². The summed E-state index contributed by atoms with van der Waals surface area (Å²) in [6.07, 6.45) is 1.48. The number of ether oxygens (including phenoxy) is 1. The summed E-state index contributed by atoms with van der Waals surface area (Å²) in [5, 5.41) is 7.62. The zero-order valence-corrected chi connectivity index (χ0v) is 14.4. The Morgan fingerprint density at radius 2 is 2.18 bits per heavy atom. The molecule has 22 heavy (non-hydrogen) atoms. The van der Waals surface area contributed by atoms with Crippen molar-refractivity contribution in [3.8, 4) is 0 Å². The molecule has 0 radical (unpaired) electrons. The SMILES string of the molecule is CC(C)(C)OC(=O)NCCc1c(CBr)nn2cc(F)ccc12. The van der Waals surface area contributed by atoms with Crippen LogP contribution in [0.15, 0.2) is 18.3 Å². The van der Waals surface area contributed by atoms with Crippen LogP contribution in [0.5, 0.6) is 0 Å². The number of amides is 1. The molecule has 2 heterocycles. The minimum absolute atomic E-state index is 0.338. The summed E-state index contributed by atoms with van der Waals surface area (Å²) < 4.78 is 20.0. The van der Waals surface area contributed by atoms with Crippen molar-refractivity contribution >= 4 is 27.5 Å². The second-order valence-corrected chi connectivity index (χ2v) is 6.48. The number of fused-ring (bicyclic) bond motifs is 1. The van der Waals surface area contributed by atoms with E-state index in [1.807, 2.05) is 20.8 Å². The van der Waals surface area contributed by atoms with E-state index in [0.717, 1.165) is 16.8 Å². The molecule has 0 bridgehead atoms. The average Bonchev–Trinajstić information content (AvgIpc) is 2.74. The van der Waals surface area contributed by atoms with Gasteiger partial charge in [-0.2, -0.15) is 5.10 Å². The van der Waals surface area contributed by atoms with Gasteiger partial charge in [0, 0.05) is 17.4 Å². The van der Waals surface area contributed by atoms with Crippen LogP contribution in [-0.2, 0) is 16.5 Å². The number of nitrogens with zero attached hydrogens (tertiary/aromatic N) is 2. The third kappa shape index (κ3) is 4.19. The Bertz CT molecular complexity index is 679. The highest BCUT2D eigenvalue weighted by molar-refractivity contribution is 9.08. The van der Waals surface area contributed by atoms with Crippen molar-refractivity contribution in [3.63, 3.8) is 0 Å².